The van der Waals surface area contributed by atoms with Crippen molar-refractivity contribution in [3.05, 3.63) is 35.4 Å². The van der Waals surface area contributed by atoms with Crippen molar-refractivity contribution in [2.45, 2.75) is 39.0 Å². The van der Waals surface area contributed by atoms with Crippen LogP contribution in [0.2, 0.25) is 0 Å². The van der Waals surface area contributed by atoms with Crippen molar-refractivity contribution in [1.29, 1.82) is 0 Å². The van der Waals surface area contributed by atoms with Gasteiger partial charge in [-0.15, -0.1) is 0 Å². The first-order chi connectivity index (χ1) is 9.66. The number of benzene rings is 1. The summed E-state index contributed by atoms with van der Waals surface area (Å²) in [5.41, 5.74) is 2.66. The molecule has 1 aliphatic heterocycles. The van der Waals surface area contributed by atoms with Crippen LogP contribution in [0.5, 0.6) is 0 Å². The lowest BCUT2D eigenvalue weighted by molar-refractivity contribution is -0.125. The van der Waals surface area contributed by atoms with Gasteiger partial charge in [0.2, 0.25) is 5.91 Å². The number of carbonyl (C=O) groups is 1. The molecule has 0 aliphatic carbocycles. The topological polar surface area (TPSA) is 41.1 Å². The molecule has 2 N–H and O–H groups in total. The molecule has 1 amide bonds. The number of piperidine rings is 1. The molecule has 1 aromatic rings. The summed E-state index contributed by atoms with van der Waals surface area (Å²) in [5, 5.41) is 6.34. The Bertz CT molecular complexity index is 419. The van der Waals surface area contributed by atoms with Crippen LogP contribution in [-0.2, 0) is 11.2 Å². The number of hydrogen-bond acceptors (Lipinski definition) is 2. The Morgan fingerprint density at radius 3 is 2.70 bits per heavy atom. The lowest BCUT2D eigenvalue weighted by atomic mass is 9.98. The normalized spacial score (nSPS) is 19.1. The lowest BCUT2D eigenvalue weighted by Gasteiger charge is -2.21. The van der Waals surface area contributed by atoms with E-state index in [-0.39, 0.29) is 11.8 Å². The highest BCUT2D eigenvalue weighted by Gasteiger charge is 2.20. The van der Waals surface area contributed by atoms with Crippen molar-refractivity contribution in [2.75, 3.05) is 19.6 Å². The van der Waals surface area contributed by atoms with Gasteiger partial charge in [0.05, 0.1) is 5.92 Å². The molecule has 0 bridgehead atoms. The fraction of sp³-hybridized carbons (Fsp3) is 0.588. The van der Waals surface area contributed by atoms with Crippen molar-refractivity contribution < 1.29 is 4.79 Å². The van der Waals surface area contributed by atoms with Crippen LogP contribution in [0.15, 0.2) is 24.3 Å². The van der Waals surface area contributed by atoms with Crippen molar-refractivity contribution >= 4 is 5.91 Å². The van der Waals surface area contributed by atoms with E-state index in [2.05, 4.69) is 48.7 Å². The third-order valence-corrected chi connectivity index (χ3v) is 4.03. The van der Waals surface area contributed by atoms with Crippen molar-refractivity contribution in [1.82, 2.24) is 10.6 Å². The molecule has 1 aromatic carbocycles. The summed E-state index contributed by atoms with van der Waals surface area (Å²) in [4.78, 5) is 12.0. The number of amides is 1. The third-order valence-electron chi connectivity index (χ3n) is 4.03. The van der Waals surface area contributed by atoms with E-state index in [0.717, 1.165) is 38.9 Å². The van der Waals surface area contributed by atoms with Crippen LogP contribution in [0.1, 0.15) is 43.7 Å². The van der Waals surface area contributed by atoms with Crippen molar-refractivity contribution in [3.8, 4) is 0 Å². The zero-order chi connectivity index (χ0) is 14.4. The molecule has 1 aliphatic rings. The SMILES string of the molecule is CC(C)c1ccc(CCNC(=O)[C@H]2CCCNC2)cc1. The molecule has 0 radical (unpaired) electrons. The van der Waals surface area contributed by atoms with Gasteiger partial charge in [-0.3, -0.25) is 4.79 Å². The van der Waals surface area contributed by atoms with Crippen LogP contribution in [0, 0.1) is 5.92 Å². The summed E-state index contributed by atoms with van der Waals surface area (Å²) in [5.74, 6) is 0.936. The van der Waals surface area contributed by atoms with Gasteiger partial charge in [0, 0.05) is 13.1 Å². The van der Waals surface area contributed by atoms with E-state index in [1.165, 1.54) is 11.1 Å². The highest BCUT2D eigenvalue weighted by Crippen LogP contribution is 2.15. The van der Waals surface area contributed by atoms with E-state index in [1.807, 2.05) is 0 Å². The Labute approximate surface area is 122 Å². The van der Waals surface area contributed by atoms with Gasteiger partial charge >= 0.3 is 0 Å². The molecular formula is C17H26N2O. The van der Waals surface area contributed by atoms with Crippen LogP contribution < -0.4 is 10.6 Å². The first-order valence-electron chi connectivity index (χ1n) is 7.74. The summed E-state index contributed by atoms with van der Waals surface area (Å²) in [6, 6.07) is 8.72. The predicted octanol–water partition coefficient (Wildman–Crippen LogP) is 2.47. The molecule has 110 valence electrons. The number of hydrogen-bond donors (Lipinski definition) is 2. The molecular weight excluding hydrogens is 248 g/mol. The number of rotatable bonds is 5. The quantitative estimate of drug-likeness (QED) is 0.866. The molecule has 0 aromatic heterocycles. The number of carbonyl (C=O) groups excluding carboxylic acids is 1. The van der Waals surface area contributed by atoms with Gasteiger partial charge in [0.1, 0.15) is 0 Å². The van der Waals surface area contributed by atoms with Gasteiger partial charge in [0.15, 0.2) is 0 Å². The number of nitrogens with one attached hydrogen (secondary N) is 2. The van der Waals surface area contributed by atoms with E-state index in [4.69, 9.17) is 0 Å². The van der Waals surface area contributed by atoms with Crippen molar-refractivity contribution in [2.24, 2.45) is 5.92 Å². The summed E-state index contributed by atoms with van der Waals surface area (Å²) < 4.78 is 0. The molecule has 1 fully saturated rings. The Morgan fingerprint density at radius 2 is 2.10 bits per heavy atom. The average molecular weight is 274 g/mol. The molecule has 1 heterocycles. The van der Waals surface area contributed by atoms with Gasteiger partial charge in [-0.2, -0.15) is 0 Å². The molecule has 0 saturated carbocycles. The van der Waals surface area contributed by atoms with E-state index in [1.54, 1.807) is 0 Å². The minimum atomic E-state index is 0.159. The van der Waals surface area contributed by atoms with Gasteiger partial charge < -0.3 is 10.6 Å². The first kappa shape index (κ1) is 15.0. The minimum Gasteiger partial charge on any atom is -0.355 e. The summed E-state index contributed by atoms with van der Waals surface area (Å²) in [7, 11) is 0. The van der Waals surface area contributed by atoms with Gasteiger partial charge in [0.25, 0.3) is 0 Å². The molecule has 3 heteroatoms. The van der Waals surface area contributed by atoms with Crippen LogP contribution >= 0.6 is 0 Å². The first-order valence-corrected chi connectivity index (χ1v) is 7.74. The molecule has 3 nitrogen and oxygen atoms in total. The molecule has 20 heavy (non-hydrogen) atoms. The van der Waals surface area contributed by atoms with Gasteiger partial charge in [-0.05, 0) is 42.9 Å². The van der Waals surface area contributed by atoms with Gasteiger partial charge in [-0.1, -0.05) is 38.1 Å². The highest BCUT2D eigenvalue weighted by molar-refractivity contribution is 5.78. The lowest BCUT2D eigenvalue weighted by Crippen LogP contribution is -2.41. The van der Waals surface area contributed by atoms with Crippen molar-refractivity contribution in [3.63, 3.8) is 0 Å². The molecule has 0 unspecified atom stereocenters. The zero-order valence-electron chi connectivity index (χ0n) is 12.6. The predicted molar refractivity (Wildman–Crippen MR) is 82.8 cm³/mol. The van der Waals surface area contributed by atoms with E-state index >= 15 is 0 Å². The smallest absolute Gasteiger partial charge is 0.224 e. The van der Waals surface area contributed by atoms with Crippen LogP contribution in [-0.4, -0.2) is 25.5 Å². The monoisotopic (exact) mass is 274 g/mol. The Morgan fingerprint density at radius 1 is 1.35 bits per heavy atom. The minimum absolute atomic E-state index is 0.159. The summed E-state index contributed by atoms with van der Waals surface area (Å²) >= 11 is 0. The summed E-state index contributed by atoms with van der Waals surface area (Å²) in [6.07, 6.45) is 3.03. The maximum atomic E-state index is 12.0. The Hall–Kier alpha value is -1.35. The largest absolute Gasteiger partial charge is 0.355 e. The third kappa shape index (κ3) is 4.34. The molecule has 1 atom stereocenters. The Kier molecular flexibility index (Phi) is 5.60. The van der Waals surface area contributed by atoms with E-state index in [9.17, 15) is 4.79 Å². The van der Waals surface area contributed by atoms with Crippen LogP contribution in [0.3, 0.4) is 0 Å². The standard InChI is InChI=1S/C17H26N2O/c1-13(2)15-7-5-14(6-8-15)9-11-19-17(20)16-4-3-10-18-12-16/h5-8,13,16,18H,3-4,9-12H2,1-2H3,(H,19,20)/t16-/m0/s1. The summed E-state index contributed by atoms with van der Waals surface area (Å²) in [6.45, 7) is 7.01. The molecule has 1 saturated heterocycles. The Balaban J connectivity index is 1.73. The molecule has 0 spiro atoms. The van der Waals surface area contributed by atoms with E-state index < -0.39 is 0 Å². The van der Waals surface area contributed by atoms with Crippen LogP contribution in [0.4, 0.5) is 0 Å². The second-order valence-electron chi connectivity index (χ2n) is 5.98. The van der Waals surface area contributed by atoms with E-state index in [0.29, 0.717) is 5.92 Å². The second kappa shape index (κ2) is 7.44. The average Bonchev–Trinajstić information content (AvgIpc) is 2.48. The van der Waals surface area contributed by atoms with Gasteiger partial charge in [-0.25, -0.2) is 0 Å². The maximum Gasteiger partial charge on any atom is 0.224 e. The second-order valence-corrected chi connectivity index (χ2v) is 5.98. The fourth-order valence-electron chi connectivity index (χ4n) is 2.62. The zero-order valence-corrected chi connectivity index (χ0v) is 12.6. The fourth-order valence-corrected chi connectivity index (χ4v) is 2.62. The van der Waals surface area contributed by atoms with Crippen LogP contribution in [0.25, 0.3) is 0 Å². The maximum absolute atomic E-state index is 12.0. The highest BCUT2D eigenvalue weighted by atomic mass is 16.1. The molecule has 2 rings (SSSR count).